The molecule has 0 aromatic carbocycles. The van der Waals surface area contributed by atoms with Crippen LogP contribution in [-0.4, -0.2) is 97.5 Å². The first kappa shape index (κ1) is 49.3. The molecule has 0 spiro atoms. The number of esters is 1. The molecule has 0 aromatic heterocycles. The van der Waals surface area contributed by atoms with Gasteiger partial charge in [-0.05, 0) is 51.4 Å². The lowest BCUT2D eigenvalue weighted by molar-refractivity contribution is -0.301. The summed E-state index contributed by atoms with van der Waals surface area (Å²) in [6, 6.07) is 0. The van der Waals surface area contributed by atoms with Crippen LogP contribution in [-0.2, 0) is 38.3 Å². The predicted molar refractivity (Wildman–Crippen MR) is 207 cm³/mol. The SMILES string of the molecule is CCCCC/C=C\C/C=C\C/C=C\CCCCCCCCC(=O)OC(COCCCCCCCCC)COC1OC(CO)C(O)C(OS(=O)(=O)O)C1O. The fourth-order valence-electron chi connectivity index (χ4n) is 5.91. The quantitative estimate of drug-likeness (QED) is 0.0220. The molecule has 0 aromatic rings. The average Bonchev–Trinajstić information content (AvgIpc) is 3.12. The van der Waals surface area contributed by atoms with Gasteiger partial charge < -0.3 is 34.3 Å². The first-order valence-electron chi connectivity index (χ1n) is 20.2. The number of ether oxygens (including phenoxy) is 4. The Morgan fingerprint density at radius 3 is 1.85 bits per heavy atom. The molecule has 310 valence electrons. The van der Waals surface area contributed by atoms with Crippen LogP contribution in [0.15, 0.2) is 36.5 Å². The Labute approximate surface area is 320 Å². The minimum atomic E-state index is -5.06. The van der Waals surface area contributed by atoms with Crippen molar-refractivity contribution in [2.45, 2.75) is 185 Å². The van der Waals surface area contributed by atoms with Crippen molar-refractivity contribution in [3.05, 3.63) is 36.5 Å². The normalized spacial score (nSPS) is 21.7. The summed E-state index contributed by atoms with van der Waals surface area (Å²) in [6.45, 7) is 3.88. The topological polar surface area (TPSA) is 178 Å². The number of unbranched alkanes of at least 4 members (excludes halogenated alkanes) is 15. The number of aliphatic hydroxyl groups is 3. The van der Waals surface area contributed by atoms with Gasteiger partial charge in [-0.2, -0.15) is 8.42 Å². The summed E-state index contributed by atoms with van der Waals surface area (Å²) in [5, 5.41) is 30.5. The van der Waals surface area contributed by atoms with Crippen molar-refractivity contribution in [2.24, 2.45) is 0 Å². The van der Waals surface area contributed by atoms with Crippen molar-refractivity contribution in [1.29, 1.82) is 0 Å². The summed E-state index contributed by atoms with van der Waals surface area (Å²) in [5.74, 6) is -0.415. The van der Waals surface area contributed by atoms with Crippen LogP contribution < -0.4 is 0 Å². The van der Waals surface area contributed by atoms with Crippen molar-refractivity contribution in [3.63, 3.8) is 0 Å². The molecule has 13 heteroatoms. The first-order chi connectivity index (χ1) is 25.6. The maximum Gasteiger partial charge on any atom is 0.397 e. The van der Waals surface area contributed by atoms with Crippen molar-refractivity contribution in [2.75, 3.05) is 26.4 Å². The second kappa shape index (κ2) is 32.6. The summed E-state index contributed by atoms with van der Waals surface area (Å²) in [7, 11) is -5.06. The molecule has 4 N–H and O–H groups in total. The van der Waals surface area contributed by atoms with E-state index in [-0.39, 0.29) is 19.6 Å². The third-order valence-corrected chi connectivity index (χ3v) is 9.48. The molecule has 0 bridgehead atoms. The fraction of sp³-hybridized carbons (Fsp3) is 0.825. The minimum Gasteiger partial charge on any atom is -0.457 e. The molecule has 0 amide bonds. The maximum atomic E-state index is 12.8. The molecule has 53 heavy (non-hydrogen) atoms. The highest BCUT2D eigenvalue weighted by Gasteiger charge is 2.48. The lowest BCUT2D eigenvalue weighted by atomic mass is 9.99. The smallest absolute Gasteiger partial charge is 0.397 e. The monoisotopic (exact) mass is 776 g/mol. The van der Waals surface area contributed by atoms with Gasteiger partial charge in [-0.25, -0.2) is 4.18 Å². The molecular weight excluding hydrogens is 704 g/mol. The van der Waals surface area contributed by atoms with Crippen molar-refractivity contribution < 1.29 is 56.2 Å². The van der Waals surface area contributed by atoms with Gasteiger partial charge in [0.2, 0.25) is 0 Å². The van der Waals surface area contributed by atoms with Gasteiger partial charge in [0.1, 0.15) is 30.5 Å². The molecule has 1 heterocycles. The summed E-state index contributed by atoms with van der Waals surface area (Å²) in [6.07, 6.45) is 26.3. The molecular formula is C40H72O12S. The van der Waals surface area contributed by atoms with Crippen molar-refractivity contribution in [1.82, 2.24) is 0 Å². The van der Waals surface area contributed by atoms with Gasteiger partial charge in [0.25, 0.3) is 0 Å². The van der Waals surface area contributed by atoms with Crippen LogP contribution in [0.2, 0.25) is 0 Å². The van der Waals surface area contributed by atoms with Gasteiger partial charge >= 0.3 is 16.4 Å². The fourth-order valence-corrected chi connectivity index (χ4v) is 6.42. The van der Waals surface area contributed by atoms with E-state index in [2.05, 4.69) is 54.5 Å². The molecule has 6 unspecified atom stereocenters. The number of hydrogen-bond donors (Lipinski definition) is 4. The Hall–Kier alpha value is -1.68. The number of rotatable bonds is 34. The third-order valence-electron chi connectivity index (χ3n) is 9.02. The molecule has 0 radical (unpaired) electrons. The molecule has 0 saturated carbocycles. The van der Waals surface area contributed by atoms with E-state index in [0.29, 0.717) is 13.0 Å². The Morgan fingerprint density at radius 1 is 0.717 bits per heavy atom. The number of hydrogen-bond acceptors (Lipinski definition) is 11. The van der Waals surface area contributed by atoms with Gasteiger partial charge in [0, 0.05) is 13.0 Å². The molecule has 0 aliphatic carbocycles. The highest BCUT2D eigenvalue weighted by molar-refractivity contribution is 7.80. The second-order valence-electron chi connectivity index (χ2n) is 13.9. The molecule has 1 rings (SSSR count). The van der Waals surface area contributed by atoms with Crippen molar-refractivity contribution in [3.8, 4) is 0 Å². The number of carbonyl (C=O) groups excluding carboxylic acids is 1. The Morgan fingerprint density at radius 2 is 1.25 bits per heavy atom. The van der Waals surface area contributed by atoms with Crippen LogP contribution >= 0.6 is 0 Å². The number of carbonyl (C=O) groups is 1. The summed E-state index contributed by atoms with van der Waals surface area (Å²) >= 11 is 0. The van der Waals surface area contributed by atoms with Gasteiger partial charge in [0.15, 0.2) is 6.29 Å². The number of aliphatic hydroxyl groups excluding tert-OH is 3. The standard InChI is InChI=1S/C40H72O12S/c1-3-5-7-9-11-12-13-14-15-16-17-18-19-20-21-22-23-25-27-29-36(42)50-34(32-48-30-28-26-24-10-8-6-4-2)33-49-40-38(44)39(52-53(45,46)47)37(43)35(31-41)51-40/h11-12,14-15,17-18,34-35,37-41,43-44H,3-10,13,16,19-33H2,1-2H3,(H,45,46,47)/b12-11-,15-14-,18-17-. The van der Waals surface area contributed by atoms with E-state index in [4.69, 9.17) is 23.5 Å². The van der Waals surface area contributed by atoms with E-state index in [1.54, 1.807) is 0 Å². The van der Waals surface area contributed by atoms with Crippen LogP contribution in [0.5, 0.6) is 0 Å². The van der Waals surface area contributed by atoms with E-state index in [1.807, 2.05) is 0 Å². The molecule has 1 aliphatic heterocycles. The minimum absolute atomic E-state index is 0.0304. The lowest BCUT2D eigenvalue weighted by Gasteiger charge is -2.41. The highest BCUT2D eigenvalue weighted by Crippen LogP contribution is 2.26. The molecule has 12 nitrogen and oxygen atoms in total. The molecule has 1 fully saturated rings. The van der Waals surface area contributed by atoms with Crippen LogP contribution in [0.3, 0.4) is 0 Å². The highest BCUT2D eigenvalue weighted by atomic mass is 32.3. The lowest BCUT2D eigenvalue weighted by Crippen LogP contribution is -2.60. The maximum absolute atomic E-state index is 12.8. The van der Waals surface area contributed by atoms with Gasteiger partial charge in [-0.15, -0.1) is 0 Å². The number of allylic oxidation sites excluding steroid dienone is 6. The van der Waals surface area contributed by atoms with Gasteiger partial charge in [-0.3, -0.25) is 9.35 Å². The van der Waals surface area contributed by atoms with E-state index in [9.17, 15) is 28.5 Å². The summed E-state index contributed by atoms with van der Waals surface area (Å²) < 4.78 is 58.7. The summed E-state index contributed by atoms with van der Waals surface area (Å²) in [4.78, 5) is 12.8. The first-order valence-corrected chi connectivity index (χ1v) is 21.6. The van der Waals surface area contributed by atoms with Gasteiger partial charge in [0.05, 0.1) is 19.8 Å². The zero-order valence-corrected chi connectivity index (χ0v) is 33.4. The van der Waals surface area contributed by atoms with Crippen LogP contribution in [0.4, 0.5) is 0 Å². The summed E-state index contributed by atoms with van der Waals surface area (Å²) in [5.41, 5.74) is 0. The molecule has 1 saturated heterocycles. The Bertz CT molecular complexity index is 1080. The van der Waals surface area contributed by atoms with E-state index < -0.39 is 59.8 Å². The van der Waals surface area contributed by atoms with Crippen LogP contribution in [0.25, 0.3) is 0 Å². The predicted octanol–water partition coefficient (Wildman–Crippen LogP) is 7.46. The third kappa shape index (κ3) is 26.7. The molecule has 6 atom stereocenters. The molecule has 1 aliphatic rings. The largest absolute Gasteiger partial charge is 0.457 e. The van der Waals surface area contributed by atoms with Gasteiger partial charge in [-0.1, -0.05) is 127 Å². The zero-order valence-electron chi connectivity index (χ0n) is 32.6. The van der Waals surface area contributed by atoms with Crippen LogP contribution in [0, 0.1) is 0 Å². The average molecular weight is 777 g/mol. The second-order valence-corrected chi connectivity index (χ2v) is 14.9. The van der Waals surface area contributed by atoms with E-state index in [0.717, 1.165) is 70.6 Å². The van der Waals surface area contributed by atoms with Crippen LogP contribution in [0.1, 0.15) is 149 Å². The van der Waals surface area contributed by atoms with Crippen molar-refractivity contribution >= 4 is 16.4 Å². The zero-order chi connectivity index (χ0) is 39.0. The van der Waals surface area contributed by atoms with E-state index in [1.165, 1.54) is 51.4 Å². The Balaban J connectivity index is 2.42. The van der Waals surface area contributed by atoms with E-state index >= 15 is 0 Å². The Kier molecular flexibility index (Phi) is 30.3.